The molecule has 0 aromatic heterocycles. The van der Waals surface area contributed by atoms with Gasteiger partial charge in [0, 0.05) is 17.4 Å². The Balaban J connectivity index is 1.70. The fourth-order valence-electron chi connectivity index (χ4n) is 2.24. The van der Waals surface area contributed by atoms with Gasteiger partial charge in [-0.25, -0.2) is 17.2 Å². The lowest BCUT2D eigenvalue weighted by Crippen LogP contribution is -2.28. The van der Waals surface area contributed by atoms with Crippen molar-refractivity contribution in [3.05, 3.63) is 35.4 Å². The van der Waals surface area contributed by atoms with Gasteiger partial charge in [0.2, 0.25) is 5.91 Å². The van der Waals surface area contributed by atoms with Crippen LogP contribution in [-0.4, -0.2) is 43.4 Å². The number of carbonyl (C=O) groups excluding carboxylic acids is 1. The normalized spacial score (nSPS) is 20.0. The van der Waals surface area contributed by atoms with Crippen molar-refractivity contribution >= 4 is 27.5 Å². The van der Waals surface area contributed by atoms with Gasteiger partial charge in [-0.2, -0.15) is 0 Å². The number of sulfone groups is 1. The predicted molar refractivity (Wildman–Crippen MR) is 82.6 cm³/mol. The van der Waals surface area contributed by atoms with E-state index in [1.54, 1.807) is 0 Å². The largest absolute Gasteiger partial charge is 0.355 e. The predicted octanol–water partition coefficient (Wildman–Crippen LogP) is 1.54. The molecule has 1 N–H and O–H groups in total. The summed E-state index contributed by atoms with van der Waals surface area (Å²) >= 11 is 1.31. The van der Waals surface area contributed by atoms with Crippen molar-refractivity contribution in [1.29, 1.82) is 0 Å². The summed E-state index contributed by atoms with van der Waals surface area (Å²) in [5, 5.41) is 2.55. The summed E-state index contributed by atoms with van der Waals surface area (Å²) in [7, 11) is -2.94. The van der Waals surface area contributed by atoms with Gasteiger partial charge < -0.3 is 5.32 Å². The van der Waals surface area contributed by atoms with Crippen LogP contribution in [0, 0.1) is 11.6 Å². The van der Waals surface area contributed by atoms with Crippen LogP contribution in [0.15, 0.2) is 18.2 Å². The fraction of sp³-hybridized carbons (Fsp3) is 0.500. The minimum absolute atomic E-state index is 0.0419. The first kappa shape index (κ1) is 17.2. The first-order valence-electron chi connectivity index (χ1n) is 6.89. The Morgan fingerprint density at radius 3 is 2.59 bits per heavy atom. The Labute approximate surface area is 132 Å². The lowest BCUT2D eigenvalue weighted by molar-refractivity contribution is -0.118. The molecule has 0 saturated carbocycles. The SMILES string of the molecule is O=C(CS[C@H]1CCS(=O)(=O)C1)NCCc1c(F)cccc1F. The maximum atomic E-state index is 13.4. The van der Waals surface area contributed by atoms with Crippen molar-refractivity contribution in [3.8, 4) is 0 Å². The number of hydrogen-bond acceptors (Lipinski definition) is 4. The molecular formula is C14H17F2NO3S2. The van der Waals surface area contributed by atoms with Gasteiger partial charge in [-0.3, -0.25) is 4.79 Å². The molecule has 0 unspecified atom stereocenters. The first-order chi connectivity index (χ1) is 10.4. The molecule has 0 radical (unpaired) electrons. The van der Waals surface area contributed by atoms with Crippen molar-refractivity contribution in [2.45, 2.75) is 18.1 Å². The number of hydrogen-bond donors (Lipinski definition) is 1. The molecule has 4 nitrogen and oxygen atoms in total. The van der Waals surface area contributed by atoms with Gasteiger partial charge in [0.15, 0.2) is 9.84 Å². The summed E-state index contributed by atoms with van der Waals surface area (Å²) in [5.74, 6) is -1.06. The lowest BCUT2D eigenvalue weighted by atomic mass is 10.1. The smallest absolute Gasteiger partial charge is 0.230 e. The summed E-state index contributed by atoms with van der Waals surface area (Å²) in [6, 6.07) is 3.65. The second kappa shape index (κ2) is 7.41. The number of halogens is 2. The molecule has 0 bridgehead atoms. The zero-order chi connectivity index (χ0) is 16.2. The maximum Gasteiger partial charge on any atom is 0.230 e. The minimum Gasteiger partial charge on any atom is -0.355 e. The Kier molecular flexibility index (Phi) is 5.80. The zero-order valence-corrected chi connectivity index (χ0v) is 13.5. The summed E-state index contributed by atoms with van der Waals surface area (Å²) in [4.78, 5) is 11.7. The van der Waals surface area contributed by atoms with Crippen molar-refractivity contribution in [3.63, 3.8) is 0 Å². The van der Waals surface area contributed by atoms with E-state index in [9.17, 15) is 22.0 Å². The molecular weight excluding hydrogens is 332 g/mol. The lowest BCUT2D eigenvalue weighted by Gasteiger charge is -2.09. The van der Waals surface area contributed by atoms with Crippen molar-refractivity contribution in [2.75, 3.05) is 23.8 Å². The average Bonchev–Trinajstić information content (AvgIpc) is 2.79. The van der Waals surface area contributed by atoms with Gasteiger partial charge >= 0.3 is 0 Å². The molecule has 1 aromatic carbocycles. The number of benzene rings is 1. The van der Waals surface area contributed by atoms with E-state index in [4.69, 9.17) is 0 Å². The number of amides is 1. The monoisotopic (exact) mass is 349 g/mol. The van der Waals surface area contributed by atoms with Gasteiger partial charge in [0.05, 0.1) is 17.3 Å². The van der Waals surface area contributed by atoms with E-state index >= 15 is 0 Å². The third-order valence-corrected chi connectivity index (χ3v) is 6.68. The van der Waals surface area contributed by atoms with Crippen LogP contribution in [0.4, 0.5) is 8.78 Å². The second-order valence-corrected chi connectivity index (χ2v) is 8.65. The minimum atomic E-state index is -2.94. The van der Waals surface area contributed by atoms with Crippen molar-refractivity contribution in [1.82, 2.24) is 5.32 Å². The van der Waals surface area contributed by atoms with Crippen LogP contribution < -0.4 is 5.32 Å². The molecule has 0 aliphatic carbocycles. The van der Waals surface area contributed by atoms with Crippen LogP contribution >= 0.6 is 11.8 Å². The maximum absolute atomic E-state index is 13.4. The summed E-state index contributed by atoms with van der Waals surface area (Å²) in [6.45, 7) is 0.139. The first-order valence-corrected chi connectivity index (χ1v) is 9.76. The van der Waals surface area contributed by atoms with E-state index < -0.39 is 21.5 Å². The highest BCUT2D eigenvalue weighted by Gasteiger charge is 2.28. The fourth-order valence-corrected chi connectivity index (χ4v) is 5.71. The van der Waals surface area contributed by atoms with Crippen molar-refractivity contribution < 1.29 is 22.0 Å². The molecule has 122 valence electrons. The number of nitrogens with one attached hydrogen (secondary N) is 1. The summed E-state index contributed by atoms with van der Waals surface area (Å²) in [5.41, 5.74) is -0.0441. The zero-order valence-electron chi connectivity index (χ0n) is 11.8. The van der Waals surface area contributed by atoms with E-state index in [1.165, 1.54) is 30.0 Å². The van der Waals surface area contributed by atoms with Gasteiger partial charge in [0.1, 0.15) is 11.6 Å². The van der Waals surface area contributed by atoms with Gasteiger partial charge in [-0.05, 0) is 25.0 Å². The third-order valence-electron chi connectivity index (χ3n) is 3.40. The molecule has 8 heteroatoms. The average molecular weight is 349 g/mol. The van der Waals surface area contributed by atoms with Crippen molar-refractivity contribution in [2.24, 2.45) is 0 Å². The number of carbonyl (C=O) groups is 1. The molecule has 1 atom stereocenters. The van der Waals surface area contributed by atoms with Crippen LogP contribution in [0.2, 0.25) is 0 Å². The molecule has 1 aliphatic rings. The summed E-state index contributed by atoms with van der Waals surface area (Å²) in [6.07, 6.45) is 0.646. The highest BCUT2D eigenvalue weighted by Crippen LogP contribution is 2.23. The molecule has 0 spiro atoms. The quantitative estimate of drug-likeness (QED) is 0.846. The van der Waals surface area contributed by atoms with Gasteiger partial charge in [0.25, 0.3) is 0 Å². The molecule has 1 fully saturated rings. The standard InChI is InChI=1S/C14H17F2NO3S2/c15-12-2-1-3-13(16)11(12)4-6-17-14(18)8-21-10-5-7-22(19,20)9-10/h1-3,10H,4-9H2,(H,17,18)/t10-/m0/s1. The van der Waals surface area contributed by atoms with Crippen LogP contribution in [0.5, 0.6) is 0 Å². The Morgan fingerprint density at radius 1 is 1.32 bits per heavy atom. The summed E-state index contributed by atoms with van der Waals surface area (Å²) < 4.78 is 49.4. The highest BCUT2D eigenvalue weighted by molar-refractivity contribution is 8.02. The van der Waals surface area contributed by atoms with E-state index in [0.717, 1.165) is 0 Å². The van der Waals surface area contributed by atoms with E-state index in [-0.39, 0.29) is 46.9 Å². The van der Waals surface area contributed by atoms with E-state index in [2.05, 4.69) is 5.32 Å². The van der Waals surface area contributed by atoms with Crippen LogP contribution in [0.3, 0.4) is 0 Å². The molecule has 22 heavy (non-hydrogen) atoms. The molecule has 2 rings (SSSR count). The Hall–Kier alpha value is -1.15. The highest BCUT2D eigenvalue weighted by atomic mass is 32.2. The molecule has 1 saturated heterocycles. The van der Waals surface area contributed by atoms with Gasteiger partial charge in [-0.15, -0.1) is 11.8 Å². The van der Waals surface area contributed by atoms with Crippen LogP contribution in [0.25, 0.3) is 0 Å². The van der Waals surface area contributed by atoms with E-state index in [0.29, 0.717) is 6.42 Å². The molecule has 1 aromatic rings. The Morgan fingerprint density at radius 2 is 2.00 bits per heavy atom. The molecule has 1 amide bonds. The van der Waals surface area contributed by atoms with Crippen LogP contribution in [-0.2, 0) is 21.1 Å². The number of thioether (sulfide) groups is 1. The molecule has 1 heterocycles. The third kappa shape index (κ3) is 4.95. The second-order valence-electron chi connectivity index (χ2n) is 5.14. The van der Waals surface area contributed by atoms with E-state index in [1.807, 2.05) is 0 Å². The van der Waals surface area contributed by atoms with Gasteiger partial charge in [-0.1, -0.05) is 6.07 Å². The van der Waals surface area contributed by atoms with Crippen LogP contribution in [0.1, 0.15) is 12.0 Å². The topological polar surface area (TPSA) is 63.2 Å². The molecule has 1 aliphatic heterocycles. The number of rotatable bonds is 6. The Bertz CT molecular complexity index is 629.